The van der Waals surface area contributed by atoms with E-state index in [-0.39, 0.29) is 18.4 Å². The van der Waals surface area contributed by atoms with Gasteiger partial charge in [0.1, 0.15) is 5.82 Å². The third-order valence-electron chi connectivity index (χ3n) is 3.24. The molecule has 0 radical (unpaired) electrons. The molecular formula is C16H25FN2O. The molecule has 20 heavy (non-hydrogen) atoms. The normalized spacial score (nSPS) is 10.3. The molecule has 0 saturated heterocycles. The van der Waals surface area contributed by atoms with Crippen LogP contribution in [0.5, 0.6) is 0 Å². The maximum absolute atomic E-state index is 13.5. The lowest BCUT2D eigenvalue weighted by Crippen LogP contribution is -2.40. The number of unbranched alkanes of at least 4 members (excludes halogenated alkanes) is 2. The molecule has 0 bridgehead atoms. The molecule has 2 amide bonds. The molecule has 1 aromatic carbocycles. The Morgan fingerprint density at radius 3 is 2.30 bits per heavy atom. The van der Waals surface area contributed by atoms with Crippen molar-refractivity contribution in [1.82, 2.24) is 10.2 Å². The maximum atomic E-state index is 13.5. The molecule has 1 aromatic rings. The quantitative estimate of drug-likeness (QED) is 0.768. The average molecular weight is 280 g/mol. The van der Waals surface area contributed by atoms with Crippen LogP contribution in [-0.2, 0) is 6.54 Å². The minimum absolute atomic E-state index is 0.102. The average Bonchev–Trinajstić information content (AvgIpc) is 2.46. The molecule has 0 atom stereocenters. The van der Waals surface area contributed by atoms with Crippen molar-refractivity contribution in [2.24, 2.45) is 0 Å². The van der Waals surface area contributed by atoms with Crippen LogP contribution < -0.4 is 5.32 Å². The molecule has 0 aliphatic carbocycles. The molecule has 112 valence electrons. The van der Waals surface area contributed by atoms with Crippen LogP contribution in [0.1, 0.15) is 45.1 Å². The lowest BCUT2D eigenvalue weighted by molar-refractivity contribution is 0.195. The second-order valence-electron chi connectivity index (χ2n) is 4.94. The fourth-order valence-electron chi connectivity index (χ4n) is 1.94. The minimum Gasteiger partial charge on any atom is -0.334 e. The van der Waals surface area contributed by atoms with Gasteiger partial charge in [-0.3, -0.25) is 0 Å². The van der Waals surface area contributed by atoms with Crippen LogP contribution in [-0.4, -0.2) is 24.0 Å². The highest BCUT2D eigenvalue weighted by Crippen LogP contribution is 2.06. The summed E-state index contributed by atoms with van der Waals surface area (Å²) in [6.07, 6.45) is 4.11. The van der Waals surface area contributed by atoms with E-state index in [0.717, 1.165) is 38.8 Å². The largest absolute Gasteiger partial charge is 0.334 e. The zero-order valence-electron chi connectivity index (χ0n) is 12.5. The lowest BCUT2D eigenvalue weighted by Gasteiger charge is -2.23. The third kappa shape index (κ3) is 5.59. The Morgan fingerprint density at radius 1 is 1.15 bits per heavy atom. The number of urea groups is 1. The number of nitrogens with one attached hydrogen (secondary N) is 1. The number of hydrogen-bond acceptors (Lipinski definition) is 1. The molecule has 0 aliphatic heterocycles. The molecule has 0 aromatic heterocycles. The van der Waals surface area contributed by atoms with Crippen molar-refractivity contribution < 1.29 is 9.18 Å². The van der Waals surface area contributed by atoms with Crippen molar-refractivity contribution in [1.29, 1.82) is 0 Å². The first-order valence-electron chi connectivity index (χ1n) is 7.45. The van der Waals surface area contributed by atoms with E-state index in [1.54, 1.807) is 18.2 Å². The van der Waals surface area contributed by atoms with Gasteiger partial charge < -0.3 is 10.2 Å². The van der Waals surface area contributed by atoms with Crippen molar-refractivity contribution in [2.45, 2.75) is 46.1 Å². The summed E-state index contributed by atoms with van der Waals surface area (Å²) in [7, 11) is 0. The Morgan fingerprint density at radius 2 is 1.75 bits per heavy atom. The first-order chi connectivity index (χ1) is 9.69. The van der Waals surface area contributed by atoms with Gasteiger partial charge in [0.05, 0.1) is 0 Å². The molecule has 0 unspecified atom stereocenters. The summed E-state index contributed by atoms with van der Waals surface area (Å²) in [5, 5.41) is 2.80. The molecular weight excluding hydrogens is 255 g/mol. The molecule has 0 aliphatic rings. The summed E-state index contributed by atoms with van der Waals surface area (Å²) in [6.45, 7) is 5.98. The van der Waals surface area contributed by atoms with E-state index in [2.05, 4.69) is 19.2 Å². The first-order valence-corrected chi connectivity index (χ1v) is 7.45. The molecule has 1 N–H and O–H groups in total. The highest BCUT2D eigenvalue weighted by Gasteiger charge is 2.12. The van der Waals surface area contributed by atoms with Gasteiger partial charge in [0.15, 0.2) is 0 Å². The van der Waals surface area contributed by atoms with Crippen LogP contribution in [0.4, 0.5) is 9.18 Å². The molecule has 3 nitrogen and oxygen atoms in total. The molecule has 0 spiro atoms. The zero-order chi connectivity index (χ0) is 14.8. The van der Waals surface area contributed by atoms with Gasteiger partial charge in [-0.05, 0) is 18.9 Å². The highest BCUT2D eigenvalue weighted by molar-refractivity contribution is 5.74. The Hall–Kier alpha value is -1.58. The first kappa shape index (κ1) is 16.5. The van der Waals surface area contributed by atoms with Crippen LogP contribution in [0.25, 0.3) is 0 Å². The van der Waals surface area contributed by atoms with Gasteiger partial charge in [-0.1, -0.05) is 44.9 Å². The summed E-state index contributed by atoms with van der Waals surface area (Å²) in [5.74, 6) is -0.276. The summed E-state index contributed by atoms with van der Waals surface area (Å²) in [6, 6.07) is 6.42. The second kappa shape index (κ2) is 9.34. The predicted molar refractivity (Wildman–Crippen MR) is 80.0 cm³/mol. The number of carbonyl (C=O) groups is 1. The third-order valence-corrected chi connectivity index (χ3v) is 3.24. The molecule has 4 heteroatoms. The number of carbonyl (C=O) groups excluding carboxylic acids is 1. The van der Waals surface area contributed by atoms with Crippen LogP contribution in [0.15, 0.2) is 24.3 Å². The highest BCUT2D eigenvalue weighted by atomic mass is 19.1. The van der Waals surface area contributed by atoms with Gasteiger partial charge in [0.25, 0.3) is 0 Å². The van der Waals surface area contributed by atoms with Gasteiger partial charge in [0.2, 0.25) is 0 Å². The summed E-state index contributed by atoms with van der Waals surface area (Å²) >= 11 is 0. The van der Waals surface area contributed by atoms with Crippen LogP contribution in [0, 0.1) is 5.82 Å². The molecule has 1 rings (SSSR count). The Kier molecular flexibility index (Phi) is 7.70. The van der Waals surface area contributed by atoms with Crippen molar-refractivity contribution >= 4 is 6.03 Å². The van der Waals surface area contributed by atoms with Gasteiger partial charge in [0, 0.05) is 25.2 Å². The topological polar surface area (TPSA) is 32.3 Å². The van der Waals surface area contributed by atoms with Crippen LogP contribution in [0.3, 0.4) is 0 Å². The van der Waals surface area contributed by atoms with E-state index in [1.165, 1.54) is 6.07 Å². The van der Waals surface area contributed by atoms with E-state index in [1.807, 2.05) is 4.90 Å². The fraction of sp³-hybridized carbons (Fsp3) is 0.562. The van der Waals surface area contributed by atoms with Crippen molar-refractivity contribution in [2.75, 3.05) is 13.1 Å². The maximum Gasteiger partial charge on any atom is 0.317 e. The standard InChI is InChI=1S/C16H25FN2O/c1-3-5-11-19(12-6-4-2)16(20)18-13-14-9-7-8-10-15(14)17/h7-10H,3-6,11-13H2,1-2H3,(H,18,20). The number of amides is 2. The van der Waals surface area contributed by atoms with Gasteiger partial charge in [-0.15, -0.1) is 0 Å². The summed E-state index contributed by atoms with van der Waals surface area (Å²) in [5.41, 5.74) is 0.520. The number of halogens is 1. The van der Waals surface area contributed by atoms with Gasteiger partial charge >= 0.3 is 6.03 Å². The van der Waals surface area contributed by atoms with Crippen molar-refractivity contribution in [3.05, 3.63) is 35.6 Å². The van der Waals surface area contributed by atoms with E-state index in [4.69, 9.17) is 0 Å². The smallest absolute Gasteiger partial charge is 0.317 e. The zero-order valence-corrected chi connectivity index (χ0v) is 12.5. The van der Waals surface area contributed by atoms with E-state index in [0.29, 0.717) is 5.56 Å². The van der Waals surface area contributed by atoms with E-state index >= 15 is 0 Å². The van der Waals surface area contributed by atoms with Crippen molar-refractivity contribution in [3.8, 4) is 0 Å². The fourth-order valence-corrected chi connectivity index (χ4v) is 1.94. The lowest BCUT2D eigenvalue weighted by atomic mass is 10.2. The molecule has 0 heterocycles. The SMILES string of the molecule is CCCCN(CCCC)C(=O)NCc1ccccc1F. The number of nitrogens with zero attached hydrogens (tertiary/aromatic N) is 1. The van der Waals surface area contributed by atoms with E-state index < -0.39 is 0 Å². The van der Waals surface area contributed by atoms with E-state index in [9.17, 15) is 9.18 Å². The summed E-state index contributed by atoms with van der Waals surface area (Å²) < 4.78 is 13.5. The molecule has 0 saturated carbocycles. The number of rotatable bonds is 8. The monoisotopic (exact) mass is 280 g/mol. The minimum atomic E-state index is -0.276. The second-order valence-corrected chi connectivity index (χ2v) is 4.94. The van der Waals surface area contributed by atoms with Gasteiger partial charge in [-0.25, -0.2) is 9.18 Å². The number of hydrogen-bond donors (Lipinski definition) is 1. The van der Waals surface area contributed by atoms with Gasteiger partial charge in [-0.2, -0.15) is 0 Å². The van der Waals surface area contributed by atoms with Crippen LogP contribution >= 0.6 is 0 Å². The number of benzene rings is 1. The Balaban J connectivity index is 2.50. The Labute approximate surface area is 121 Å². The summed E-state index contributed by atoms with van der Waals surface area (Å²) in [4.78, 5) is 14.0. The Bertz CT molecular complexity index is 401. The predicted octanol–water partition coefficient (Wildman–Crippen LogP) is 3.94. The van der Waals surface area contributed by atoms with Crippen molar-refractivity contribution in [3.63, 3.8) is 0 Å². The molecule has 0 fully saturated rings. The van der Waals surface area contributed by atoms with Crippen LogP contribution in [0.2, 0.25) is 0 Å².